The van der Waals surface area contributed by atoms with E-state index in [4.69, 9.17) is 10.2 Å². The summed E-state index contributed by atoms with van der Waals surface area (Å²) in [5, 5.41) is 18.7. The van der Waals surface area contributed by atoms with Crippen molar-refractivity contribution in [3.8, 4) is 0 Å². The van der Waals surface area contributed by atoms with E-state index >= 15 is 0 Å². The highest BCUT2D eigenvalue weighted by Gasteiger charge is 1.96. The zero-order valence-electron chi connectivity index (χ0n) is 5.99. The number of nitrogens with one attached hydrogen (secondary N) is 1. The Morgan fingerprint density at radius 2 is 2.36 bits per heavy atom. The van der Waals surface area contributed by atoms with E-state index in [1.807, 2.05) is 0 Å². The summed E-state index contributed by atoms with van der Waals surface area (Å²) in [6.07, 6.45) is -0.535. The number of hydrogen-bond donors (Lipinski definition) is 3. The number of aliphatic hydroxyl groups excluding tert-OH is 1. The maximum absolute atomic E-state index is 10.4. The molecule has 0 saturated heterocycles. The van der Waals surface area contributed by atoms with Crippen LogP contribution in [0.4, 0.5) is 0 Å². The van der Waals surface area contributed by atoms with Crippen LogP contribution in [0.2, 0.25) is 0 Å². The van der Waals surface area contributed by atoms with Crippen molar-refractivity contribution in [3.05, 3.63) is 12.7 Å². The Kier molecular flexibility index (Phi) is 5.36. The van der Waals surface area contributed by atoms with Crippen LogP contribution in [0.5, 0.6) is 0 Å². The van der Waals surface area contributed by atoms with Gasteiger partial charge in [0.15, 0.2) is 0 Å². The summed E-state index contributed by atoms with van der Waals surface area (Å²) in [5.74, 6) is -0.528. The summed E-state index contributed by atoms with van der Waals surface area (Å²) >= 11 is 0. The molecule has 0 heterocycles. The van der Waals surface area contributed by atoms with Gasteiger partial charge in [0.25, 0.3) is 0 Å². The standard InChI is InChI=1S/C6H11NO4/c1-2-5(8)11-4-3-7-6(9)10/h2,6-7,9-10H,1,3-4H2. The summed E-state index contributed by atoms with van der Waals surface area (Å²) in [7, 11) is 0. The molecular formula is C6H11NO4. The molecule has 0 spiro atoms. The smallest absolute Gasteiger partial charge is 0.330 e. The topological polar surface area (TPSA) is 78.8 Å². The fourth-order valence-electron chi connectivity index (χ4n) is 0.399. The van der Waals surface area contributed by atoms with Gasteiger partial charge in [0.1, 0.15) is 6.61 Å². The summed E-state index contributed by atoms with van der Waals surface area (Å²) in [5.41, 5.74) is 0. The zero-order valence-corrected chi connectivity index (χ0v) is 5.99. The first kappa shape index (κ1) is 10.1. The van der Waals surface area contributed by atoms with Gasteiger partial charge in [-0.3, -0.25) is 5.32 Å². The zero-order chi connectivity index (χ0) is 8.69. The maximum atomic E-state index is 10.4. The predicted molar refractivity (Wildman–Crippen MR) is 37.4 cm³/mol. The second-order valence-corrected chi connectivity index (χ2v) is 1.70. The van der Waals surface area contributed by atoms with Crippen LogP contribution in [0.1, 0.15) is 0 Å². The van der Waals surface area contributed by atoms with Crippen molar-refractivity contribution < 1.29 is 19.7 Å². The van der Waals surface area contributed by atoms with Crippen LogP contribution in [0, 0.1) is 0 Å². The highest BCUT2D eigenvalue weighted by atomic mass is 16.5. The Balaban J connectivity index is 3.14. The Labute approximate surface area is 64.3 Å². The van der Waals surface area contributed by atoms with Crippen LogP contribution in [0.25, 0.3) is 0 Å². The van der Waals surface area contributed by atoms with E-state index in [1.54, 1.807) is 0 Å². The highest BCUT2D eigenvalue weighted by Crippen LogP contribution is 1.77. The van der Waals surface area contributed by atoms with Gasteiger partial charge in [0.05, 0.1) is 0 Å². The van der Waals surface area contributed by atoms with Gasteiger partial charge >= 0.3 is 5.97 Å². The van der Waals surface area contributed by atoms with E-state index in [0.717, 1.165) is 6.08 Å². The Morgan fingerprint density at radius 1 is 1.73 bits per heavy atom. The second-order valence-electron chi connectivity index (χ2n) is 1.70. The average molecular weight is 161 g/mol. The molecule has 0 saturated carbocycles. The van der Waals surface area contributed by atoms with Gasteiger partial charge in [0.2, 0.25) is 6.41 Å². The van der Waals surface area contributed by atoms with Crippen molar-refractivity contribution in [2.75, 3.05) is 13.2 Å². The molecule has 0 radical (unpaired) electrons. The molecular weight excluding hydrogens is 150 g/mol. The van der Waals surface area contributed by atoms with E-state index in [1.165, 1.54) is 0 Å². The molecule has 0 aliphatic heterocycles. The number of carbonyl (C=O) groups excluding carboxylic acids is 1. The number of ether oxygens (including phenoxy) is 1. The van der Waals surface area contributed by atoms with Crippen molar-refractivity contribution in [2.24, 2.45) is 0 Å². The monoisotopic (exact) mass is 161 g/mol. The van der Waals surface area contributed by atoms with Crippen molar-refractivity contribution in [3.63, 3.8) is 0 Å². The number of carbonyl (C=O) groups is 1. The molecule has 0 fully saturated rings. The molecule has 64 valence electrons. The van der Waals surface area contributed by atoms with E-state index < -0.39 is 12.4 Å². The average Bonchev–Trinajstić information content (AvgIpc) is 1.97. The summed E-state index contributed by atoms with van der Waals surface area (Å²) in [6.45, 7) is 3.46. The lowest BCUT2D eigenvalue weighted by atomic mass is 10.6. The maximum Gasteiger partial charge on any atom is 0.330 e. The molecule has 0 aromatic heterocycles. The molecule has 3 N–H and O–H groups in total. The minimum atomic E-state index is -1.57. The third-order valence-corrected chi connectivity index (χ3v) is 0.840. The third kappa shape index (κ3) is 6.98. The lowest BCUT2D eigenvalue weighted by Crippen LogP contribution is -2.31. The van der Waals surface area contributed by atoms with Crippen LogP contribution in [0.15, 0.2) is 12.7 Å². The van der Waals surface area contributed by atoms with Gasteiger partial charge in [-0.25, -0.2) is 4.79 Å². The van der Waals surface area contributed by atoms with E-state index in [-0.39, 0.29) is 13.2 Å². The van der Waals surface area contributed by atoms with Gasteiger partial charge in [-0.15, -0.1) is 0 Å². The molecule has 0 rings (SSSR count). The molecule has 0 aromatic carbocycles. The first-order valence-electron chi connectivity index (χ1n) is 3.05. The van der Waals surface area contributed by atoms with E-state index in [9.17, 15) is 4.79 Å². The molecule has 0 aliphatic rings. The van der Waals surface area contributed by atoms with E-state index in [2.05, 4.69) is 16.6 Å². The predicted octanol–water partition coefficient (Wildman–Crippen LogP) is -1.43. The fourth-order valence-corrected chi connectivity index (χ4v) is 0.399. The lowest BCUT2D eigenvalue weighted by Gasteiger charge is -2.05. The van der Waals surface area contributed by atoms with Gasteiger partial charge in [-0.1, -0.05) is 6.58 Å². The van der Waals surface area contributed by atoms with Crippen LogP contribution in [-0.2, 0) is 9.53 Å². The normalized spacial score (nSPS) is 9.73. The minimum Gasteiger partial charge on any atom is -0.461 e. The molecule has 0 amide bonds. The molecule has 0 bridgehead atoms. The largest absolute Gasteiger partial charge is 0.461 e. The minimum absolute atomic E-state index is 0.0858. The van der Waals surface area contributed by atoms with Crippen molar-refractivity contribution in [2.45, 2.75) is 6.41 Å². The molecule has 11 heavy (non-hydrogen) atoms. The van der Waals surface area contributed by atoms with Gasteiger partial charge in [-0.05, 0) is 0 Å². The summed E-state index contributed by atoms with van der Waals surface area (Å²) in [4.78, 5) is 10.4. The Bertz CT molecular complexity index is 135. The molecule has 0 aliphatic carbocycles. The van der Waals surface area contributed by atoms with Crippen molar-refractivity contribution in [1.29, 1.82) is 0 Å². The lowest BCUT2D eigenvalue weighted by molar-refractivity contribution is -0.138. The molecule has 0 atom stereocenters. The number of aliphatic hydroxyl groups is 2. The second kappa shape index (κ2) is 5.84. The first-order valence-corrected chi connectivity index (χ1v) is 3.05. The quantitative estimate of drug-likeness (QED) is 0.199. The SMILES string of the molecule is C=CC(=O)OCCNC(O)O. The first-order chi connectivity index (χ1) is 5.16. The molecule has 0 aromatic rings. The summed E-state index contributed by atoms with van der Waals surface area (Å²) < 4.78 is 4.50. The van der Waals surface area contributed by atoms with Gasteiger partial charge < -0.3 is 14.9 Å². The van der Waals surface area contributed by atoms with Gasteiger partial charge in [0, 0.05) is 12.6 Å². The number of hydrogen-bond acceptors (Lipinski definition) is 5. The third-order valence-electron chi connectivity index (χ3n) is 0.840. The Hall–Kier alpha value is -0.910. The fraction of sp³-hybridized carbons (Fsp3) is 0.500. The summed E-state index contributed by atoms with van der Waals surface area (Å²) in [6, 6.07) is 0. The molecule has 5 heteroatoms. The van der Waals surface area contributed by atoms with Crippen LogP contribution in [0.3, 0.4) is 0 Å². The van der Waals surface area contributed by atoms with Crippen molar-refractivity contribution >= 4 is 5.97 Å². The van der Waals surface area contributed by atoms with E-state index in [0.29, 0.717) is 0 Å². The molecule has 5 nitrogen and oxygen atoms in total. The van der Waals surface area contributed by atoms with Crippen LogP contribution >= 0.6 is 0 Å². The Morgan fingerprint density at radius 3 is 2.82 bits per heavy atom. The number of rotatable bonds is 5. The molecule has 0 unspecified atom stereocenters. The van der Waals surface area contributed by atoms with Crippen LogP contribution < -0.4 is 5.32 Å². The van der Waals surface area contributed by atoms with Crippen molar-refractivity contribution in [1.82, 2.24) is 5.32 Å². The number of esters is 1. The highest BCUT2D eigenvalue weighted by molar-refractivity contribution is 5.81. The van der Waals surface area contributed by atoms with Crippen LogP contribution in [-0.4, -0.2) is 35.7 Å². The van der Waals surface area contributed by atoms with Gasteiger partial charge in [-0.2, -0.15) is 0 Å².